The van der Waals surface area contributed by atoms with Gasteiger partial charge >= 0.3 is 0 Å². The Hall–Kier alpha value is -0.450. The fourth-order valence-corrected chi connectivity index (χ4v) is 3.03. The number of nitrogens with zero attached hydrogens (tertiary/aromatic N) is 1. The van der Waals surface area contributed by atoms with E-state index in [0.29, 0.717) is 0 Å². The lowest BCUT2D eigenvalue weighted by Crippen LogP contribution is -2.21. The molecule has 1 aliphatic rings. The molecular weight excluding hydrogens is 232 g/mol. The SMILES string of the molecule is Cc1ncsc1CCOCCCC1CCCN1. The van der Waals surface area contributed by atoms with Crippen molar-refractivity contribution in [3.63, 3.8) is 0 Å². The predicted octanol–water partition coefficient (Wildman–Crippen LogP) is 2.54. The first-order valence-corrected chi connectivity index (χ1v) is 7.44. The van der Waals surface area contributed by atoms with Gasteiger partial charge in [-0.2, -0.15) is 0 Å². The van der Waals surface area contributed by atoms with Gasteiger partial charge in [-0.05, 0) is 39.2 Å². The third kappa shape index (κ3) is 4.37. The zero-order valence-electron chi connectivity index (χ0n) is 10.6. The van der Waals surface area contributed by atoms with Gasteiger partial charge in [0.05, 0.1) is 17.8 Å². The van der Waals surface area contributed by atoms with Crippen molar-refractivity contribution in [2.45, 2.75) is 45.1 Å². The maximum absolute atomic E-state index is 5.67. The van der Waals surface area contributed by atoms with Crippen molar-refractivity contribution in [2.24, 2.45) is 0 Å². The highest BCUT2D eigenvalue weighted by molar-refractivity contribution is 7.09. The molecule has 1 aromatic rings. The van der Waals surface area contributed by atoms with Crippen LogP contribution in [0.2, 0.25) is 0 Å². The molecule has 17 heavy (non-hydrogen) atoms. The van der Waals surface area contributed by atoms with Crippen molar-refractivity contribution in [2.75, 3.05) is 19.8 Å². The second-order valence-electron chi connectivity index (χ2n) is 4.66. The number of nitrogens with one attached hydrogen (secondary N) is 1. The molecule has 96 valence electrons. The van der Waals surface area contributed by atoms with Gasteiger partial charge in [-0.15, -0.1) is 11.3 Å². The summed E-state index contributed by atoms with van der Waals surface area (Å²) in [4.78, 5) is 5.60. The standard InChI is InChI=1S/C13H22N2OS/c1-11-13(17-10-15-11)6-9-16-8-3-5-12-4-2-7-14-12/h10,12,14H,2-9H2,1H3. The lowest BCUT2D eigenvalue weighted by Gasteiger charge is -2.09. The van der Waals surface area contributed by atoms with Gasteiger partial charge in [0.25, 0.3) is 0 Å². The molecule has 1 aromatic heterocycles. The zero-order valence-corrected chi connectivity index (χ0v) is 11.4. The van der Waals surface area contributed by atoms with Crippen LogP contribution in [0.25, 0.3) is 0 Å². The molecule has 0 aromatic carbocycles. The maximum Gasteiger partial charge on any atom is 0.0797 e. The summed E-state index contributed by atoms with van der Waals surface area (Å²) in [5.41, 5.74) is 3.07. The number of ether oxygens (including phenoxy) is 1. The fraction of sp³-hybridized carbons (Fsp3) is 0.769. The molecule has 0 saturated carbocycles. The van der Waals surface area contributed by atoms with Gasteiger partial charge in [-0.1, -0.05) is 0 Å². The fourth-order valence-electron chi connectivity index (χ4n) is 2.27. The van der Waals surface area contributed by atoms with Gasteiger partial charge in [0.15, 0.2) is 0 Å². The summed E-state index contributed by atoms with van der Waals surface area (Å²) >= 11 is 1.73. The number of hydrogen-bond acceptors (Lipinski definition) is 4. The van der Waals surface area contributed by atoms with Crippen molar-refractivity contribution >= 4 is 11.3 Å². The summed E-state index contributed by atoms with van der Waals surface area (Å²) in [5, 5.41) is 3.52. The Morgan fingerprint density at radius 3 is 3.18 bits per heavy atom. The molecule has 1 atom stereocenters. The van der Waals surface area contributed by atoms with Gasteiger partial charge in [-0.25, -0.2) is 4.98 Å². The molecule has 2 heterocycles. The summed E-state index contributed by atoms with van der Waals surface area (Å²) in [7, 11) is 0. The molecule has 0 spiro atoms. The smallest absolute Gasteiger partial charge is 0.0797 e. The van der Waals surface area contributed by atoms with Crippen molar-refractivity contribution in [3.8, 4) is 0 Å². The van der Waals surface area contributed by atoms with Crippen LogP contribution in [0.15, 0.2) is 5.51 Å². The van der Waals surface area contributed by atoms with E-state index < -0.39 is 0 Å². The molecule has 0 amide bonds. The highest BCUT2D eigenvalue weighted by atomic mass is 32.1. The van der Waals surface area contributed by atoms with Crippen molar-refractivity contribution in [1.82, 2.24) is 10.3 Å². The first-order valence-electron chi connectivity index (χ1n) is 6.56. The Bertz CT molecular complexity index is 321. The lowest BCUT2D eigenvalue weighted by atomic mass is 10.1. The van der Waals surface area contributed by atoms with E-state index in [2.05, 4.69) is 17.2 Å². The Morgan fingerprint density at radius 1 is 1.53 bits per heavy atom. The minimum Gasteiger partial charge on any atom is -0.381 e. The first-order chi connectivity index (χ1) is 8.36. The van der Waals surface area contributed by atoms with Gasteiger partial charge in [0.1, 0.15) is 0 Å². The Balaban J connectivity index is 1.47. The maximum atomic E-state index is 5.67. The second-order valence-corrected chi connectivity index (χ2v) is 5.60. The van der Waals surface area contributed by atoms with Crippen LogP contribution in [0.3, 0.4) is 0 Å². The van der Waals surface area contributed by atoms with E-state index in [0.717, 1.165) is 31.4 Å². The average molecular weight is 254 g/mol. The quantitative estimate of drug-likeness (QED) is 0.759. The molecule has 0 bridgehead atoms. The molecule has 1 saturated heterocycles. The topological polar surface area (TPSA) is 34.1 Å². The Labute approximate surface area is 108 Å². The summed E-state index contributed by atoms with van der Waals surface area (Å²) in [6, 6.07) is 0.752. The highest BCUT2D eigenvalue weighted by Gasteiger charge is 2.12. The van der Waals surface area contributed by atoms with E-state index in [1.54, 1.807) is 11.3 Å². The van der Waals surface area contributed by atoms with Crippen LogP contribution in [0, 0.1) is 6.92 Å². The van der Waals surface area contributed by atoms with Crippen molar-refractivity contribution < 1.29 is 4.74 Å². The monoisotopic (exact) mass is 254 g/mol. The van der Waals surface area contributed by atoms with Crippen LogP contribution < -0.4 is 5.32 Å². The molecule has 0 aliphatic carbocycles. The highest BCUT2D eigenvalue weighted by Crippen LogP contribution is 2.13. The summed E-state index contributed by atoms with van der Waals surface area (Å²) in [6.07, 6.45) is 6.15. The number of hydrogen-bond donors (Lipinski definition) is 1. The van der Waals surface area contributed by atoms with Crippen molar-refractivity contribution in [3.05, 3.63) is 16.1 Å². The number of thiazole rings is 1. The van der Waals surface area contributed by atoms with Gasteiger partial charge < -0.3 is 10.1 Å². The van der Waals surface area contributed by atoms with Gasteiger partial charge in [-0.3, -0.25) is 0 Å². The first kappa shape index (κ1) is 13.0. The van der Waals surface area contributed by atoms with Crippen LogP contribution in [0.5, 0.6) is 0 Å². The third-order valence-electron chi connectivity index (χ3n) is 3.32. The molecule has 0 radical (unpaired) electrons. The molecule has 3 nitrogen and oxygen atoms in total. The van der Waals surface area contributed by atoms with Crippen LogP contribution in [-0.2, 0) is 11.2 Å². The summed E-state index contributed by atoms with van der Waals surface area (Å²) in [5.74, 6) is 0. The minimum absolute atomic E-state index is 0.752. The Kier molecular flexibility index (Phi) is 5.42. The molecule has 1 aliphatic heterocycles. The van der Waals surface area contributed by atoms with E-state index in [9.17, 15) is 0 Å². The minimum atomic E-state index is 0.752. The second kappa shape index (κ2) is 7.09. The molecule has 4 heteroatoms. The van der Waals surface area contributed by atoms with Crippen LogP contribution in [-0.4, -0.2) is 30.8 Å². The number of aryl methyl sites for hydroxylation is 1. The van der Waals surface area contributed by atoms with E-state index in [-0.39, 0.29) is 0 Å². The van der Waals surface area contributed by atoms with Crippen LogP contribution in [0.1, 0.15) is 36.3 Å². The van der Waals surface area contributed by atoms with E-state index in [4.69, 9.17) is 4.74 Å². The third-order valence-corrected chi connectivity index (χ3v) is 4.32. The van der Waals surface area contributed by atoms with E-state index >= 15 is 0 Å². The van der Waals surface area contributed by atoms with E-state index in [1.807, 2.05) is 5.51 Å². The molecule has 1 unspecified atom stereocenters. The molecular formula is C13H22N2OS. The van der Waals surface area contributed by atoms with Crippen LogP contribution in [0.4, 0.5) is 0 Å². The summed E-state index contributed by atoms with van der Waals surface area (Å²) in [6.45, 7) is 5.00. The van der Waals surface area contributed by atoms with Gasteiger partial charge in [0, 0.05) is 23.9 Å². The molecule has 1 N–H and O–H groups in total. The molecule has 2 rings (SSSR count). The number of aromatic nitrogens is 1. The van der Waals surface area contributed by atoms with Crippen LogP contribution >= 0.6 is 11.3 Å². The largest absolute Gasteiger partial charge is 0.381 e. The van der Waals surface area contributed by atoms with E-state index in [1.165, 1.54) is 37.1 Å². The zero-order chi connectivity index (χ0) is 11.9. The lowest BCUT2D eigenvalue weighted by molar-refractivity contribution is 0.132. The normalized spacial score (nSPS) is 19.9. The van der Waals surface area contributed by atoms with Crippen molar-refractivity contribution in [1.29, 1.82) is 0 Å². The average Bonchev–Trinajstić information content (AvgIpc) is 2.95. The molecule has 1 fully saturated rings. The summed E-state index contributed by atoms with van der Waals surface area (Å²) < 4.78 is 5.67. The number of rotatable bonds is 7. The Morgan fingerprint density at radius 2 is 2.47 bits per heavy atom. The predicted molar refractivity (Wildman–Crippen MR) is 71.6 cm³/mol. The van der Waals surface area contributed by atoms with Gasteiger partial charge in [0.2, 0.25) is 0 Å².